The van der Waals surface area contributed by atoms with E-state index in [1.165, 1.54) is 0 Å². The van der Waals surface area contributed by atoms with Gasteiger partial charge in [0.05, 0.1) is 24.4 Å². The summed E-state index contributed by atoms with van der Waals surface area (Å²) in [6, 6.07) is 16.4. The van der Waals surface area contributed by atoms with Gasteiger partial charge >= 0.3 is 5.97 Å². The quantitative estimate of drug-likeness (QED) is 0.646. The maximum atomic E-state index is 12.0. The number of methoxy groups -OCH3 is 1. The number of benzene rings is 2. The topological polar surface area (TPSA) is 62.7 Å². The molecule has 150 valence electrons. The van der Waals surface area contributed by atoms with Crippen LogP contribution in [0.25, 0.3) is 10.9 Å². The predicted molar refractivity (Wildman–Crippen MR) is 114 cm³/mol. The number of likely N-dealkylation sites (tertiary alicyclic amines) is 1. The first-order valence-electron chi connectivity index (χ1n) is 9.76. The molecule has 0 spiro atoms. The Hall–Kier alpha value is -2.63. The van der Waals surface area contributed by atoms with E-state index in [1.807, 2.05) is 53.4 Å². The molecule has 1 aliphatic heterocycles. The largest absolute Gasteiger partial charge is 0.496 e. The number of piperidine rings is 1. The zero-order valence-electron chi connectivity index (χ0n) is 16.2. The predicted octanol–water partition coefficient (Wildman–Crippen LogP) is 4.93. The van der Waals surface area contributed by atoms with E-state index in [0.29, 0.717) is 23.7 Å². The number of carbonyl (C=O) groups is 1. The monoisotopic (exact) mass is 410 g/mol. The average Bonchev–Trinajstić information content (AvgIpc) is 2.74. The van der Waals surface area contributed by atoms with Gasteiger partial charge in [-0.15, -0.1) is 0 Å². The number of carboxylic acids is 1. The van der Waals surface area contributed by atoms with Gasteiger partial charge in [0, 0.05) is 16.0 Å². The van der Waals surface area contributed by atoms with E-state index in [2.05, 4.69) is 0 Å². The van der Waals surface area contributed by atoms with Crippen molar-refractivity contribution in [3.63, 3.8) is 0 Å². The van der Waals surface area contributed by atoms with Gasteiger partial charge in [-0.3, -0.25) is 14.7 Å². The molecule has 2 aromatic carbocycles. The van der Waals surface area contributed by atoms with Crippen LogP contribution in [0, 0.1) is 0 Å². The average molecular weight is 411 g/mol. The second kappa shape index (κ2) is 8.39. The van der Waals surface area contributed by atoms with Crippen LogP contribution in [0.1, 0.15) is 36.6 Å². The molecule has 1 fully saturated rings. The van der Waals surface area contributed by atoms with Crippen LogP contribution < -0.4 is 4.74 Å². The molecule has 0 aliphatic carbocycles. The highest BCUT2D eigenvalue weighted by Crippen LogP contribution is 2.39. The Labute approximate surface area is 174 Å². The summed E-state index contributed by atoms with van der Waals surface area (Å²) >= 11 is 6.33. The zero-order valence-corrected chi connectivity index (χ0v) is 17.0. The lowest BCUT2D eigenvalue weighted by molar-refractivity contribution is -0.145. The fraction of sp³-hybridized carbons (Fsp3) is 0.304. The maximum absolute atomic E-state index is 12.0. The molecule has 0 saturated carbocycles. The third-order valence-electron chi connectivity index (χ3n) is 5.55. The molecule has 1 aromatic heterocycles. The van der Waals surface area contributed by atoms with E-state index in [-0.39, 0.29) is 6.04 Å². The third-order valence-corrected chi connectivity index (χ3v) is 5.78. The lowest BCUT2D eigenvalue weighted by Gasteiger charge is -2.39. The first kappa shape index (κ1) is 19.7. The summed E-state index contributed by atoms with van der Waals surface area (Å²) in [4.78, 5) is 19.0. The van der Waals surface area contributed by atoms with E-state index in [1.54, 1.807) is 13.2 Å². The van der Waals surface area contributed by atoms with Crippen molar-refractivity contribution in [3.05, 3.63) is 70.9 Å². The van der Waals surface area contributed by atoms with E-state index >= 15 is 0 Å². The van der Waals surface area contributed by atoms with Crippen molar-refractivity contribution in [3.8, 4) is 5.75 Å². The van der Waals surface area contributed by atoms with E-state index in [4.69, 9.17) is 21.3 Å². The number of aliphatic carboxylic acids is 1. The Bertz CT molecular complexity index is 1040. The summed E-state index contributed by atoms with van der Waals surface area (Å²) in [6.45, 7) is 0.672. The van der Waals surface area contributed by atoms with Crippen LogP contribution in [0.15, 0.2) is 54.6 Å². The number of halogens is 1. The molecule has 2 heterocycles. The fourth-order valence-corrected chi connectivity index (χ4v) is 4.37. The van der Waals surface area contributed by atoms with E-state index in [0.717, 1.165) is 35.0 Å². The number of ether oxygens (including phenoxy) is 1. The Balaban J connectivity index is 1.91. The highest BCUT2D eigenvalue weighted by Gasteiger charge is 2.37. The standard InChI is InChI=1S/C23H23ClN2O3/c1-29-21-12-10-16(24)14-17(21)22(26-13-5-4-8-20(26)23(27)28)19-11-9-15-6-2-3-7-18(15)25-19/h2-3,6-7,9-12,14,20,22H,4-5,8,13H2,1H3,(H,27,28). The van der Waals surface area contributed by atoms with Crippen LogP contribution in [0.2, 0.25) is 5.02 Å². The first-order chi connectivity index (χ1) is 14.1. The molecule has 1 N–H and O–H groups in total. The van der Waals surface area contributed by atoms with Crippen LogP contribution in [0.3, 0.4) is 0 Å². The Morgan fingerprint density at radius 1 is 1.21 bits per heavy atom. The molecular formula is C23H23ClN2O3. The Morgan fingerprint density at radius 3 is 2.83 bits per heavy atom. The Kier molecular flexibility index (Phi) is 5.69. The summed E-state index contributed by atoms with van der Waals surface area (Å²) in [5.41, 5.74) is 2.49. The molecule has 6 heteroatoms. The minimum atomic E-state index is -0.809. The van der Waals surface area contributed by atoms with Gasteiger partial charge in [-0.1, -0.05) is 42.3 Å². The zero-order chi connectivity index (χ0) is 20.4. The maximum Gasteiger partial charge on any atom is 0.320 e. The van der Waals surface area contributed by atoms with Crippen molar-refractivity contribution in [2.75, 3.05) is 13.7 Å². The summed E-state index contributed by atoms with van der Waals surface area (Å²) in [5, 5.41) is 11.5. The van der Waals surface area contributed by atoms with E-state index in [9.17, 15) is 9.90 Å². The van der Waals surface area contributed by atoms with Crippen LogP contribution in [-0.2, 0) is 4.79 Å². The molecule has 3 aromatic rings. The highest BCUT2D eigenvalue weighted by atomic mass is 35.5. The van der Waals surface area contributed by atoms with Crippen molar-refractivity contribution in [2.45, 2.75) is 31.3 Å². The number of pyridine rings is 1. The van der Waals surface area contributed by atoms with E-state index < -0.39 is 12.0 Å². The highest BCUT2D eigenvalue weighted by molar-refractivity contribution is 6.30. The lowest BCUT2D eigenvalue weighted by atomic mass is 9.93. The van der Waals surface area contributed by atoms with Gasteiger partial charge in [-0.05, 0) is 49.7 Å². The van der Waals surface area contributed by atoms with Crippen LogP contribution >= 0.6 is 11.6 Å². The second-order valence-electron chi connectivity index (χ2n) is 7.31. The van der Waals surface area contributed by atoms with Crippen LogP contribution in [-0.4, -0.2) is 40.7 Å². The number of rotatable bonds is 5. The summed E-state index contributed by atoms with van der Waals surface area (Å²) in [5.74, 6) is -0.138. The normalized spacial score (nSPS) is 18.5. The number of hydrogen-bond donors (Lipinski definition) is 1. The van der Waals surface area contributed by atoms with Gasteiger partial charge in [0.25, 0.3) is 0 Å². The van der Waals surface area contributed by atoms with Crippen molar-refractivity contribution in [1.29, 1.82) is 0 Å². The van der Waals surface area contributed by atoms with Crippen molar-refractivity contribution in [1.82, 2.24) is 9.88 Å². The molecule has 29 heavy (non-hydrogen) atoms. The third kappa shape index (κ3) is 3.93. The minimum Gasteiger partial charge on any atom is -0.496 e. The van der Waals surface area contributed by atoms with Gasteiger partial charge in [0.15, 0.2) is 0 Å². The summed E-state index contributed by atoms with van der Waals surface area (Å²) in [6.07, 6.45) is 2.46. The van der Waals surface area contributed by atoms with Gasteiger partial charge in [-0.2, -0.15) is 0 Å². The molecule has 1 saturated heterocycles. The van der Waals surface area contributed by atoms with Crippen molar-refractivity contribution in [2.24, 2.45) is 0 Å². The van der Waals surface area contributed by atoms with Crippen molar-refractivity contribution < 1.29 is 14.6 Å². The Morgan fingerprint density at radius 2 is 2.03 bits per heavy atom. The molecular weight excluding hydrogens is 388 g/mol. The fourth-order valence-electron chi connectivity index (χ4n) is 4.19. The number of nitrogens with zero attached hydrogens (tertiary/aromatic N) is 2. The minimum absolute atomic E-state index is 0.366. The summed E-state index contributed by atoms with van der Waals surface area (Å²) in [7, 11) is 1.61. The number of carboxylic acid groups (broad SMARTS) is 1. The van der Waals surface area contributed by atoms with Crippen molar-refractivity contribution >= 4 is 28.5 Å². The van der Waals surface area contributed by atoms with Gasteiger partial charge in [0.1, 0.15) is 11.8 Å². The molecule has 0 bridgehead atoms. The summed E-state index contributed by atoms with van der Waals surface area (Å²) < 4.78 is 5.62. The van der Waals surface area contributed by atoms with Gasteiger partial charge in [0.2, 0.25) is 0 Å². The molecule has 0 radical (unpaired) electrons. The molecule has 5 nitrogen and oxygen atoms in total. The molecule has 1 aliphatic rings. The van der Waals surface area contributed by atoms with Gasteiger partial charge < -0.3 is 9.84 Å². The number of para-hydroxylation sites is 1. The smallest absolute Gasteiger partial charge is 0.320 e. The number of aromatic nitrogens is 1. The first-order valence-corrected chi connectivity index (χ1v) is 10.1. The molecule has 4 rings (SSSR count). The molecule has 0 amide bonds. The molecule has 2 atom stereocenters. The second-order valence-corrected chi connectivity index (χ2v) is 7.74. The number of hydrogen-bond acceptors (Lipinski definition) is 4. The van der Waals surface area contributed by atoms with Gasteiger partial charge in [-0.25, -0.2) is 0 Å². The SMILES string of the molecule is COc1ccc(Cl)cc1C(c1ccc2ccccc2n1)N1CCCCC1C(=O)O. The number of fused-ring (bicyclic) bond motifs is 1. The lowest BCUT2D eigenvalue weighted by Crippen LogP contribution is -2.47. The molecule has 2 unspecified atom stereocenters. The van der Waals surface area contributed by atoms with Crippen LogP contribution in [0.4, 0.5) is 0 Å². The van der Waals surface area contributed by atoms with Crippen LogP contribution in [0.5, 0.6) is 5.75 Å².